The van der Waals surface area contributed by atoms with Gasteiger partial charge in [0.15, 0.2) is 5.78 Å². The van der Waals surface area contributed by atoms with Crippen LogP contribution in [0.2, 0.25) is 0 Å². The number of amides is 1. The summed E-state index contributed by atoms with van der Waals surface area (Å²) >= 11 is 1.77. The second-order valence-electron chi connectivity index (χ2n) is 6.59. The zero-order valence-corrected chi connectivity index (χ0v) is 14.6. The summed E-state index contributed by atoms with van der Waals surface area (Å²) in [5.41, 5.74) is 4.12. The number of aryl methyl sites for hydroxylation is 4. The second kappa shape index (κ2) is 6.16. The molecule has 6 heteroatoms. The number of ketones is 1. The Morgan fingerprint density at radius 2 is 2.08 bits per heavy atom. The van der Waals surface area contributed by atoms with E-state index in [1.165, 1.54) is 17.0 Å². The molecule has 0 saturated heterocycles. The van der Waals surface area contributed by atoms with Crippen LogP contribution in [0.5, 0.6) is 0 Å². The largest absolute Gasteiger partial charge is 0.361 e. The van der Waals surface area contributed by atoms with Crippen molar-refractivity contribution in [3.63, 3.8) is 0 Å². The molecule has 0 atom stereocenters. The number of aromatic nitrogens is 2. The summed E-state index contributed by atoms with van der Waals surface area (Å²) in [6, 6.07) is 0. The Balaban J connectivity index is 1.43. The van der Waals surface area contributed by atoms with Gasteiger partial charge in [-0.05, 0) is 39.0 Å². The fourth-order valence-electron chi connectivity index (χ4n) is 3.74. The number of hydrogen-bond acceptors (Lipinski definition) is 4. The van der Waals surface area contributed by atoms with E-state index >= 15 is 0 Å². The number of carbonyl (C=O) groups is 2. The molecule has 1 amide bonds. The van der Waals surface area contributed by atoms with E-state index in [-0.39, 0.29) is 11.7 Å². The van der Waals surface area contributed by atoms with Gasteiger partial charge >= 0.3 is 0 Å². The Kier molecular flexibility index (Phi) is 4.00. The van der Waals surface area contributed by atoms with Crippen LogP contribution in [-0.4, -0.2) is 28.2 Å². The number of aromatic amines is 1. The van der Waals surface area contributed by atoms with Crippen molar-refractivity contribution in [2.45, 2.75) is 51.9 Å². The highest BCUT2D eigenvalue weighted by atomic mass is 32.1. The van der Waals surface area contributed by atoms with Gasteiger partial charge in [-0.15, -0.1) is 11.3 Å². The maximum atomic E-state index is 12.6. The van der Waals surface area contributed by atoms with E-state index in [4.69, 9.17) is 0 Å². The van der Waals surface area contributed by atoms with Gasteiger partial charge in [-0.1, -0.05) is 0 Å². The molecule has 2 aliphatic rings. The lowest BCUT2D eigenvalue weighted by molar-refractivity contribution is 0.0928. The number of carbonyl (C=O) groups excluding carboxylic acids is 2. The van der Waals surface area contributed by atoms with Crippen molar-refractivity contribution < 1.29 is 9.59 Å². The number of hydrogen-bond donors (Lipinski definition) is 2. The molecule has 2 heterocycles. The molecular weight excluding hydrogens is 322 g/mol. The summed E-state index contributed by atoms with van der Waals surface area (Å²) in [5.74, 6) is -0.0635. The quantitative estimate of drug-likeness (QED) is 0.896. The number of nitrogens with one attached hydrogen (secondary N) is 2. The summed E-state index contributed by atoms with van der Waals surface area (Å²) in [5, 5.41) is 4.07. The van der Waals surface area contributed by atoms with E-state index in [1.807, 2.05) is 6.92 Å². The molecule has 24 heavy (non-hydrogen) atoms. The predicted molar refractivity (Wildman–Crippen MR) is 93.0 cm³/mol. The molecular formula is C18H21N3O2S. The summed E-state index contributed by atoms with van der Waals surface area (Å²) in [4.78, 5) is 34.1. The third kappa shape index (κ3) is 2.69. The molecule has 2 aromatic heterocycles. The molecule has 2 aromatic rings. The van der Waals surface area contributed by atoms with Crippen LogP contribution < -0.4 is 5.32 Å². The molecule has 0 aliphatic heterocycles. The summed E-state index contributed by atoms with van der Waals surface area (Å²) in [6.07, 6.45) is 6.46. The molecule has 0 unspecified atom stereocenters. The molecule has 0 bridgehead atoms. The lowest BCUT2D eigenvalue weighted by Crippen LogP contribution is -2.28. The molecule has 0 spiro atoms. The minimum Gasteiger partial charge on any atom is -0.361 e. The van der Waals surface area contributed by atoms with Gasteiger partial charge in [0, 0.05) is 35.7 Å². The van der Waals surface area contributed by atoms with E-state index in [1.54, 1.807) is 11.3 Å². The zero-order chi connectivity index (χ0) is 16.7. The van der Waals surface area contributed by atoms with E-state index in [2.05, 4.69) is 15.3 Å². The standard InChI is InChI=1S/C18H21N3O2S/c1-10-16(17-12(20-10)5-2-6-13(17)22)18(23)19-9-8-15-21-11-4-3-7-14(11)24-15/h20H,2-9H2,1H3,(H,19,23). The smallest absolute Gasteiger partial charge is 0.253 e. The van der Waals surface area contributed by atoms with Crippen LogP contribution >= 0.6 is 11.3 Å². The fourth-order valence-corrected chi connectivity index (χ4v) is 4.90. The first kappa shape index (κ1) is 15.6. The van der Waals surface area contributed by atoms with Crippen molar-refractivity contribution in [3.8, 4) is 0 Å². The highest BCUT2D eigenvalue weighted by molar-refractivity contribution is 7.11. The monoisotopic (exact) mass is 343 g/mol. The molecule has 0 aromatic carbocycles. The van der Waals surface area contributed by atoms with Crippen LogP contribution in [0.4, 0.5) is 0 Å². The van der Waals surface area contributed by atoms with Gasteiger partial charge in [0.1, 0.15) is 0 Å². The number of Topliss-reactive ketones (excluding diaryl/α,β-unsaturated/α-hetero) is 1. The average Bonchev–Trinajstić information content (AvgIpc) is 3.19. The third-order valence-corrected chi connectivity index (χ3v) is 6.08. The number of nitrogens with zero attached hydrogens (tertiary/aromatic N) is 1. The summed E-state index contributed by atoms with van der Waals surface area (Å²) < 4.78 is 0. The fraction of sp³-hybridized carbons (Fsp3) is 0.500. The van der Waals surface area contributed by atoms with Crippen molar-refractivity contribution in [2.75, 3.05) is 6.54 Å². The van der Waals surface area contributed by atoms with Crippen LogP contribution in [0, 0.1) is 6.92 Å². The van der Waals surface area contributed by atoms with E-state index in [9.17, 15) is 9.59 Å². The Bertz CT molecular complexity index is 797. The average molecular weight is 343 g/mol. The molecule has 0 radical (unpaired) electrons. The highest BCUT2D eigenvalue weighted by Crippen LogP contribution is 2.28. The van der Waals surface area contributed by atoms with E-state index in [0.29, 0.717) is 24.1 Å². The molecule has 0 fully saturated rings. The van der Waals surface area contributed by atoms with E-state index < -0.39 is 0 Å². The molecule has 2 aliphatic carbocycles. The Morgan fingerprint density at radius 3 is 2.92 bits per heavy atom. The lowest BCUT2D eigenvalue weighted by Gasteiger charge is -2.11. The second-order valence-corrected chi connectivity index (χ2v) is 7.76. The van der Waals surface area contributed by atoms with Gasteiger partial charge in [0.2, 0.25) is 0 Å². The number of rotatable bonds is 4. The molecule has 4 rings (SSSR count). The maximum absolute atomic E-state index is 12.6. The van der Waals surface area contributed by atoms with Crippen LogP contribution in [0.3, 0.4) is 0 Å². The topological polar surface area (TPSA) is 74.8 Å². The van der Waals surface area contributed by atoms with E-state index in [0.717, 1.165) is 48.5 Å². The first-order chi connectivity index (χ1) is 11.6. The summed E-state index contributed by atoms with van der Waals surface area (Å²) in [7, 11) is 0. The number of fused-ring (bicyclic) bond motifs is 2. The highest BCUT2D eigenvalue weighted by Gasteiger charge is 2.28. The van der Waals surface area contributed by atoms with Gasteiger partial charge in [-0.2, -0.15) is 0 Å². The van der Waals surface area contributed by atoms with Crippen LogP contribution in [0.15, 0.2) is 0 Å². The van der Waals surface area contributed by atoms with Crippen LogP contribution in [-0.2, 0) is 25.7 Å². The van der Waals surface area contributed by atoms with Crippen molar-refractivity contribution in [3.05, 3.63) is 38.1 Å². The van der Waals surface area contributed by atoms with Crippen LogP contribution in [0.1, 0.15) is 66.9 Å². The molecule has 5 nitrogen and oxygen atoms in total. The maximum Gasteiger partial charge on any atom is 0.253 e. The minimum absolute atomic E-state index is 0.0853. The first-order valence-corrected chi connectivity index (χ1v) is 9.45. The van der Waals surface area contributed by atoms with Crippen molar-refractivity contribution >= 4 is 23.0 Å². The minimum atomic E-state index is -0.149. The van der Waals surface area contributed by atoms with Crippen molar-refractivity contribution in [1.82, 2.24) is 15.3 Å². The normalized spacial score (nSPS) is 16.1. The number of thiazole rings is 1. The van der Waals surface area contributed by atoms with Crippen molar-refractivity contribution in [2.24, 2.45) is 0 Å². The molecule has 126 valence electrons. The summed E-state index contributed by atoms with van der Waals surface area (Å²) in [6.45, 7) is 2.42. The Hall–Kier alpha value is -1.95. The van der Waals surface area contributed by atoms with Gasteiger partial charge in [0.25, 0.3) is 5.91 Å². The molecule has 0 saturated carbocycles. The Morgan fingerprint density at radius 1 is 1.25 bits per heavy atom. The van der Waals surface area contributed by atoms with Crippen molar-refractivity contribution in [1.29, 1.82) is 0 Å². The molecule has 2 N–H and O–H groups in total. The number of H-pyrrole nitrogens is 1. The SMILES string of the molecule is Cc1[nH]c2c(c1C(=O)NCCc1nc3c(s1)CCC3)C(=O)CCC2. The Labute approximate surface area is 144 Å². The van der Waals surface area contributed by atoms with Gasteiger partial charge in [-0.25, -0.2) is 4.98 Å². The predicted octanol–water partition coefficient (Wildman–Crippen LogP) is 2.76. The lowest BCUT2D eigenvalue weighted by atomic mass is 9.93. The van der Waals surface area contributed by atoms with Gasteiger partial charge in [-0.3, -0.25) is 9.59 Å². The van der Waals surface area contributed by atoms with Gasteiger partial charge < -0.3 is 10.3 Å². The third-order valence-electron chi connectivity index (χ3n) is 4.87. The zero-order valence-electron chi connectivity index (χ0n) is 13.8. The van der Waals surface area contributed by atoms with Gasteiger partial charge in [0.05, 0.1) is 21.8 Å². The first-order valence-electron chi connectivity index (χ1n) is 8.64. The van der Waals surface area contributed by atoms with Crippen LogP contribution in [0.25, 0.3) is 0 Å².